The molecule has 390 valence electrons. The number of benzene rings is 6. The van der Waals surface area contributed by atoms with Crippen molar-refractivity contribution in [3.63, 3.8) is 0 Å². The summed E-state index contributed by atoms with van der Waals surface area (Å²) in [6.07, 6.45) is 10.2. The Hall–Kier alpha value is -8.10. The first-order valence-corrected chi connectivity index (χ1v) is 26.1. The van der Waals surface area contributed by atoms with Crippen LogP contribution in [0.3, 0.4) is 0 Å². The van der Waals surface area contributed by atoms with E-state index in [0.29, 0.717) is 42.6 Å². The molecule has 0 aliphatic carbocycles. The lowest BCUT2D eigenvalue weighted by molar-refractivity contribution is -0.142. The van der Waals surface area contributed by atoms with Gasteiger partial charge in [0.25, 0.3) is 0 Å². The minimum Gasteiger partial charge on any atom is -0.508 e. The summed E-state index contributed by atoms with van der Waals surface area (Å²) in [6.45, 7) is 2.52. The molecule has 0 aliphatic heterocycles. The number of nitrogens with one attached hydrogen (secondary N) is 4. The molecule has 0 spiro atoms. The fraction of sp³-hybridized carbons (Fsp3) is 0.311. The van der Waals surface area contributed by atoms with Gasteiger partial charge in [-0.05, 0) is 76.4 Å². The largest absolute Gasteiger partial charge is 0.508 e. The quantitative estimate of drug-likeness (QED) is 0.0186. The second kappa shape index (κ2) is 27.3. The molecule has 0 unspecified atom stereocenters. The Morgan fingerprint density at radius 2 is 1.13 bits per heavy atom. The predicted octanol–water partition coefficient (Wildman–Crippen LogP) is 8.12. The van der Waals surface area contributed by atoms with E-state index in [1.165, 1.54) is 12.1 Å². The average molecular weight is 1010 g/mol. The molecule has 4 amide bonds. The zero-order valence-electron chi connectivity index (χ0n) is 42.6. The number of nitrogens with two attached hydrogens (primary N) is 1. The third-order valence-electron chi connectivity index (χ3n) is 13.6. The molecule has 6 aromatic carbocycles. The first kappa shape index (κ1) is 54.7. The van der Waals surface area contributed by atoms with Crippen LogP contribution in [-0.2, 0) is 48.8 Å². The number of hydrogen-bond donors (Lipinski definition) is 7. The number of carboxylic acids is 1. The third kappa shape index (κ3) is 15.0. The minimum atomic E-state index is -1.38. The maximum atomic E-state index is 14.6. The van der Waals surface area contributed by atoms with E-state index in [1.807, 2.05) is 108 Å². The van der Waals surface area contributed by atoms with Gasteiger partial charge < -0.3 is 41.8 Å². The summed E-state index contributed by atoms with van der Waals surface area (Å²) in [4.78, 5) is 73.2. The van der Waals surface area contributed by atoms with E-state index in [1.54, 1.807) is 18.5 Å². The summed E-state index contributed by atoms with van der Waals surface area (Å²) < 4.78 is 2.04. The smallest absolute Gasteiger partial charge is 0.326 e. The van der Waals surface area contributed by atoms with Gasteiger partial charge in [-0.15, -0.1) is 0 Å². The number of phenols is 1. The molecule has 8 N–H and O–H groups in total. The Morgan fingerprint density at radius 1 is 0.587 bits per heavy atom. The summed E-state index contributed by atoms with van der Waals surface area (Å²) >= 11 is 0. The zero-order valence-corrected chi connectivity index (χ0v) is 42.6. The van der Waals surface area contributed by atoms with Gasteiger partial charge >= 0.3 is 5.97 Å². The van der Waals surface area contributed by atoms with Crippen LogP contribution in [0.15, 0.2) is 170 Å². The van der Waals surface area contributed by atoms with E-state index in [2.05, 4.69) is 64.6 Å². The molecule has 0 fully saturated rings. The zero-order chi connectivity index (χ0) is 53.0. The SMILES string of the molecule is CCCCCCCC(=O)NCCCC[C@H](NC(=O)[C@@H](N)Cc1cn(C(c2ccccc2)(c2ccccc2)c2ccccc2)cn1)C(=O)N[C@H](Cc1ccc2ccccc2c1)C(=O)N[C@@H](Cc1ccc(O)cc1)C(=O)O. The van der Waals surface area contributed by atoms with Crippen molar-refractivity contribution in [2.75, 3.05) is 6.54 Å². The maximum Gasteiger partial charge on any atom is 0.326 e. The molecule has 4 atom stereocenters. The lowest BCUT2D eigenvalue weighted by Crippen LogP contribution is -2.58. The van der Waals surface area contributed by atoms with Crippen molar-refractivity contribution < 1.29 is 34.2 Å². The molecule has 0 saturated heterocycles. The number of aliphatic carboxylic acids is 1. The molecular formula is C61H69N7O7. The monoisotopic (exact) mass is 1010 g/mol. The van der Waals surface area contributed by atoms with Crippen molar-refractivity contribution in [3.05, 3.63) is 204 Å². The molecule has 1 aromatic heterocycles. The van der Waals surface area contributed by atoms with Crippen molar-refractivity contribution in [2.45, 2.75) is 114 Å². The van der Waals surface area contributed by atoms with E-state index in [9.17, 15) is 34.2 Å². The normalized spacial score (nSPS) is 13.0. The van der Waals surface area contributed by atoms with Crippen LogP contribution in [0.25, 0.3) is 10.8 Å². The number of aromatic nitrogens is 2. The summed E-state index contributed by atoms with van der Waals surface area (Å²) in [7, 11) is 0. The molecule has 0 radical (unpaired) electrons. The lowest BCUT2D eigenvalue weighted by atomic mass is 9.77. The van der Waals surface area contributed by atoms with Crippen molar-refractivity contribution in [3.8, 4) is 5.75 Å². The van der Waals surface area contributed by atoms with Gasteiger partial charge in [0.15, 0.2) is 0 Å². The highest BCUT2D eigenvalue weighted by atomic mass is 16.4. The molecular weight excluding hydrogens is 943 g/mol. The van der Waals surface area contributed by atoms with E-state index in [-0.39, 0.29) is 37.3 Å². The van der Waals surface area contributed by atoms with Gasteiger partial charge in [0, 0.05) is 38.4 Å². The second-order valence-corrected chi connectivity index (χ2v) is 19.2. The molecule has 75 heavy (non-hydrogen) atoms. The van der Waals surface area contributed by atoms with Crippen LogP contribution in [0.2, 0.25) is 0 Å². The summed E-state index contributed by atoms with van der Waals surface area (Å²) in [5.41, 5.74) is 10.7. The Kier molecular flexibility index (Phi) is 19.9. The van der Waals surface area contributed by atoms with E-state index >= 15 is 0 Å². The van der Waals surface area contributed by atoms with Gasteiger partial charge in [-0.3, -0.25) is 19.2 Å². The Morgan fingerprint density at radius 3 is 1.76 bits per heavy atom. The average Bonchev–Trinajstić information content (AvgIpc) is 3.89. The van der Waals surface area contributed by atoms with E-state index in [0.717, 1.165) is 59.6 Å². The number of carbonyl (C=O) groups excluding carboxylic acids is 4. The van der Waals surface area contributed by atoms with E-state index in [4.69, 9.17) is 10.7 Å². The molecule has 0 saturated carbocycles. The van der Waals surface area contributed by atoms with Crippen LogP contribution in [0.5, 0.6) is 5.75 Å². The molecule has 14 nitrogen and oxygen atoms in total. The van der Waals surface area contributed by atoms with Crippen molar-refractivity contribution in [2.24, 2.45) is 5.73 Å². The Bertz CT molecular complexity index is 2850. The lowest BCUT2D eigenvalue weighted by Gasteiger charge is -2.37. The van der Waals surface area contributed by atoms with Crippen LogP contribution < -0.4 is 27.0 Å². The summed E-state index contributed by atoms with van der Waals surface area (Å²) in [6, 6.07) is 44.8. The van der Waals surface area contributed by atoms with Gasteiger partial charge in [0.2, 0.25) is 23.6 Å². The fourth-order valence-corrected chi connectivity index (χ4v) is 9.61. The number of carboxylic acid groups (broad SMARTS) is 1. The Labute approximate surface area is 439 Å². The highest BCUT2D eigenvalue weighted by Crippen LogP contribution is 2.41. The third-order valence-corrected chi connectivity index (χ3v) is 13.6. The number of phenolic OH excluding ortho intramolecular Hbond substituents is 1. The molecule has 0 aliphatic rings. The van der Waals surface area contributed by atoms with Crippen LogP contribution in [-0.4, -0.2) is 80.1 Å². The van der Waals surface area contributed by atoms with Crippen LogP contribution >= 0.6 is 0 Å². The van der Waals surface area contributed by atoms with Gasteiger partial charge in [0.1, 0.15) is 29.4 Å². The van der Waals surface area contributed by atoms with Gasteiger partial charge in [-0.1, -0.05) is 178 Å². The van der Waals surface area contributed by atoms with Crippen LogP contribution in [0.1, 0.15) is 98.2 Å². The van der Waals surface area contributed by atoms with Crippen LogP contribution in [0, 0.1) is 0 Å². The topological polar surface area (TPSA) is 218 Å². The van der Waals surface area contributed by atoms with Crippen LogP contribution in [0.4, 0.5) is 0 Å². The number of carbonyl (C=O) groups is 5. The van der Waals surface area contributed by atoms with Gasteiger partial charge in [-0.2, -0.15) is 0 Å². The second-order valence-electron chi connectivity index (χ2n) is 19.2. The summed E-state index contributed by atoms with van der Waals surface area (Å²) in [5.74, 6) is -3.33. The number of rotatable bonds is 28. The fourth-order valence-electron chi connectivity index (χ4n) is 9.61. The Balaban J connectivity index is 1.12. The number of amides is 4. The van der Waals surface area contributed by atoms with Crippen molar-refractivity contribution >= 4 is 40.4 Å². The first-order chi connectivity index (χ1) is 36.4. The highest BCUT2D eigenvalue weighted by Gasteiger charge is 2.39. The minimum absolute atomic E-state index is 0.00228. The molecule has 14 heteroatoms. The number of fused-ring (bicyclic) bond motifs is 1. The number of unbranched alkanes of at least 4 members (excludes halogenated alkanes) is 5. The van der Waals surface area contributed by atoms with Gasteiger partial charge in [0.05, 0.1) is 18.1 Å². The van der Waals surface area contributed by atoms with Crippen molar-refractivity contribution in [1.29, 1.82) is 0 Å². The van der Waals surface area contributed by atoms with E-state index < -0.39 is 53.4 Å². The molecule has 7 rings (SSSR count). The first-order valence-electron chi connectivity index (χ1n) is 26.1. The number of imidazole rings is 1. The summed E-state index contributed by atoms with van der Waals surface area (Å²) in [5, 5.41) is 33.3. The number of nitrogens with zero attached hydrogens (tertiary/aromatic N) is 2. The maximum absolute atomic E-state index is 14.6. The molecule has 0 bridgehead atoms. The number of hydrogen-bond acceptors (Lipinski definition) is 8. The highest BCUT2D eigenvalue weighted by molar-refractivity contribution is 5.94. The van der Waals surface area contributed by atoms with Gasteiger partial charge in [-0.25, -0.2) is 9.78 Å². The van der Waals surface area contributed by atoms with Crippen molar-refractivity contribution in [1.82, 2.24) is 30.8 Å². The number of aromatic hydroxyl groups is 1. The molecule has 1 heterocycles. The molecule has 7 aromatic rings. The predicted molar refractivity (Wildman–Crippen MR) is 292 cm³/mol. The standard InChI is InChI=1S/C61H69N7O7/c1-2-3-4-5-15-29-56(70)63-36-19-18-28-53(58(72)66-54(39-44-30-33-45-20-16-17-21-46(45)37-44)59(73)67-55(60(74)75)38-43-31-34-51(69)35-32-43)65-57(71)52(62)40-50-41-68(42-64-50)61(47-22-9-6-10-23-47,48-24-11-7-12-25-48)49-26-13-8-14-27-49/h6-14,16-17,20-27,30-35,37,41-42,52-55,69H,2-5,15,18-19,28-29,36,38-40,62H2,1H3,(H,63,70)(H,65,71)(H,66,72)(H,67,73)(H,74,75)/t52-,53-,54+,55-/m0/s1.